The lowest BCUT2D eigenvalue weighted by Crippen LogP contribution is -2.16. The van der Waals surface area contributed by atoms with Crippen LogP contribution in [0.4, 0.5) is 0 Å². The smallest absolute Gasteiger partial charge is 0.162 e. The number of carbonyl (C=O) groups is 1. The zero-order chi connectivity index (χ0) is 7.56. The number of allylic oxidation sites excluding steroid dienone is 1. The summed E-state index contributed by atoms with van der Waals surface area (Å²) in [6.07, 6.45) is 3.57. The maximum atomic E-state index is 11.0. The van der Waals surface area contributed by atoms with Gasteiger partial charge in [-0.3, -0.25) is 4.79 Å². The van der Waals surface area contributed by atoms with E-state index in [1.807, 2.05) is 6.92 Å². The molecule has 0 aromatic heterocycles. The van der Waals surface area contributed by atoms with Crippen molar-refractivity contribution in [3.05, 3.63) is 11.8 Å². The summed E-state index contributed by atoms with van der Waals surface area (Å²) >= 11 is 0. The highest BCUT2D eigenvalue weighted by molar-refractivity contribution is 5.96. The summed E-state index contributed by atoms with van der Waals surface area (Å²) in [4.78, 5) is 11.0. The molecule has 1 saturated carbocycles. The fraction of sp³-hybridized carbons (Fsp3) is 0.625. The van der Waals surface area contributed by atoms with Gasteiger partial charge in [0.1, 0.15) is 0 Å². The number of aliphatic hydroxyl groups excluding tert-OH is 1. The van der Waals surface area contributed by atoms with E-state index in [9.17, 15) is 4.79 Å². The van der Waals surface area contributed by atoms with E-state index in [-0.39, 0.29) is 11.7 Å². The van der Waals surface area contributed by atoms with Crippen LogP contribution >= 0.6 is 0 Å². The van der Waals surface area contributed by atoms with Crippen molar-refractivity contribution in [3.63, 3.8) is 0 Å². The number of carbonyl (C=O) groups excluding carboxylic acids is 1. The second-order valence-electron chi connectivity index (χ2n) is 2.80. The lowest BCUT2D eigenvalue weighted by molar-refractivity contribution is -0.117. The Kier molecular flexibility index (Phi) is 2.10. The van der Waals surface area contributed by atoms with E-state index in [1.54, 1.807) is 0 Å². The summed E-state index contributed by atoms with van der Waals surface area (Å²) in [7, 11) is 0. The van der Waals surface area contributed by atoms with Crippen LogP contribution in [0.2, 0.25) is 0 Å². The van der Waals surface area contributed by atoms with Gasteiger partial charge >= 0.3 is 0 Å². The van der Waals surface area contributed by atoms with Crippen molar-refractivity contribution in [1.29, 1.82) is 0 Å². The van der Waals surface area contributed by atoms with E-state index in [1.165, 1.54) is 0 Å². The highest BCUT2D eigenvalue weighted by Crippen LogP contribution is 2.25. The van der Waals surface area contributed by atoms with Crippen molar-refractivity contribution in [3.8, 4) is 0 Å². The molecule has 0 aromatic carbocycles. The summed E-state index contributed by atoms with van der Waals surface area (Å²) in [5.74, 6) is 0.368. The third-order valence-electron chi connectivity index (χ3n) is 2.03. The fourth-order valence-corrected chi connectivity index (χ4v) is 1.34. The Balaban J connectivity index is 2.73. The maximum absolute atomic E-state index is 11.0. The molecule has 0 aliphatic heterocycles. The first-order valence-electron chi connectivity index (χ1n) is 3.63. The Labute approximate surface area is 60.6 Å². The van der Waals surface area contributed by atoms with Gasteiger partial charge in [0.15, 0.2) is 5.78 Å². The van der Waals surface area contributed by atoms with E-state index in [0.29, 0.717) is 12.0 Å². The average Bonchev–Trinajstić information content (AvgIpc) is 1.88. The van der Waals surface area contributed by atoms with Crippen LogP contribution in [0.25, 0.3) is 0 Å². The molecule has 2 heteroatoms. The van der Waals surface area contributed by atoms with Gasteiger partial charge in [0, 0.05) is 12.0 Å². The maximum Gasteiger partial charge on any atom is 0.162 e. The van der Waals surface area contributed by atoms with E-state index in [2.05, 4.69) is 0 Å². The van der Waals surface area contributed by atoms with Crippen LogP contribution in [0.3, 0.4) is 0 Å². The van der Waals surface area contributed by atoms with Crippen LogP contribution in [0, 0.1) is 5.92 Å². The molecule has 1 atom stereocenters. The van der Waals surface area contributed by atoms with Crippen LogP contribution in [-0.4, -0.2) is 10.9 Å². The number of rotatable bonds is 0. The molecule has 0 radical (unpaired) electrons. The predicted molar refractivity (Wildman–Crippen MR) is 38.7 cm³/mol. The van der Waals surface area contributed by atoms with Gasteiger partial charge in [-0.15, -0.1) is 0 Å². The first kappa shape index (κ1) is 7.32. The molecule has 2 nitrogen and oxygen atoms in total. The number of Topliss-reactive ketones (excluding diaryl/α,β-unsaturated/α-hetero) is 1. The van der Waals surface area contributed by atoms with Crippen molar-refractivity contribution < 1.29 is 9.90 Å². The molecule has 0 bridgehead atoms. The van der Waals surface area contributed by atoms with Crippen LogP contribution in [0.1, 0.15) is 26.2 Å². The van der Waals surface area contributed by atoms with Crippen molar-refractivity contribution in [2.45, 2.75) is 26.2 Å². The van der Waals surface area contributed by atoms with Gasteiger partial charge < -0.3 is 5.11 Å². The van der Waals surface area contributed by atoms with Crippen LogP contribution < -0.4 is 0 Å². The molecule has 1 rings (SSSR count). The molecule has 10 heavy (non-hydrogen) atoms. The number of aliphatic hydroxyl groups is 1. The van der Waals surface area contributed by atoms with Gasteiger partial charge in [-0.1, -0.05) is 6.92 Å². The van der Waals surface area contributed by atoms with E-state index in [4.69, 9.17) is 5.11 Å². The fourth-order valence-electron chi connectivity index (χ4n) is 1.34. The predicted octanol–water partition coefficient (Wildman–Crippen LogP) is 1.82. The highest BCUT2D eigenvalue weighted by Gasteiger charge is 2.21. The van der Waals surface area contributed by atoms with Gasteiger partial charge in [0.2, 0.25) is 0 Å². The van der Waals surface area contributed by atoms with Gasteiger partial charge in [-0.2, -0.15) is 0 Å². The quantitative estimate of drug-likeness (QED) is 0.411. The molecular formula is C8H12O2. The molecule has 0 aromatic rings. The van der Waals surface area contributed by atoms with Gasteiger partial charge in [0.25, 0.3) is 0 Å². The topological polar surface area (TPSA) is 37.3 Å². The minimum atomic E-state index is 0.112. The molecule has 0 spiro atoms. The molecule has 56 valence electrons. The first-order chi connectivity index (χ1) is 4.75. The standard InChI is InChI=1S/C8H12O2/c1-6-3-2-4-8(10)7(6)5-9/h5-6,9H,2-4H2,1H3/b7-5-. The minimum absolute atomic E-state index is 0.112. The first-order valence-corrected chi connectivity index (χ1v) is 3.63. The van der Waals surface area contributed by atoms with Crippen LogP contribution in [0.15, 0.2) is 11.8 Å². The molecule has 1 fully saturated rings. The van der Waals surface area contributed by atoms with Crippen molar-refractivity contribution >= 4 is 5.78 Å². The Morgan fingerprint density at radius 1 is 1.70 bits per heavy atom. The average molecular weight is 140 g/mol. The van der Waals surface area contributed by atoms with Crippen molar-refractivity contribution in [2.24, 2.45) is 5.92 Å². The molecule has 1 aliphatic rings. The molecule has 1 N–H and O–H groups in total. The third-order valence-corrected chi connectivity index (χ3v) is 2.03. The van der Waals surface area contributed by atoms with E-state index < -0.39 is 0 Å². The largest absolute Gasteiger partial charge is 0.515 e. The summed E-state index contributed by atoms with van der Waals surface area (Å²) in [5.41, 5.74) is 0.603. The normalized spacial score (nSPS) is 31.1. The summed E-state index contributed by atoms with van der Waals surface area (Å²) in [5, 5.41) is 8.65. The number of hydrogen-bond acceptors (Lipinski definition) is 2. The van der Waals surface area contributed by atoms with Gasteiger partial charge in [-0.05, 0) is 18.8 Å². The molecule has 0 heterocycles. The molecular weight excluding hydrogens is 128 g/mol. The Bertz CT molecular complexity index is 170. The number of ketones is 1. The Hall–Kier alpha value is -0.790. The summed E-state index contributed by atoms with van der Waals surface area (Å²) in [6.45, 7) is 1.97. The van der Waals surface area contributed by atoms with Crippen molar-refractivity contribution in [1.82, 2.24) is 0 Å². The van der Waals surface area contributed by atoms with Crippen LogP contribution in [-0.2, 0) is 4.79 Å². The second-order valence-corrected chi connectivity index (χ2v) is 2.80. The molecule has 1 aliphatic carbocycles. The lowest BCUT2D eigenvalue weighted by Gasteiger charge is -2.18. The van der Waals surface area contributed by atoms with Crippen LogP contribution in [0.5, 0.6) is 0 Å². The molecule has 0 amide bonds. The molecule has 1 unspecified atom stereocenters. The van der Waals surface area contributed by atoms with Gasteiger partial charge in [0.05, 0.1) is 6.26 Å². The third kappa shape index (κ3) is 1.20. The lowest BCUT2D eigenvalue weighted by atomic mass is 9.85. The zero-order valence-corrected chi connectivity index (χ0v) is 6.13. The molecule has 0 saturated heterocycles. The van der Waals surface area contributed by atoms with E-state index >= 15 is 0 Å². The SMILES string of the molecule is CC1CCCC(=O)/C1=C\O. The Morgan fingerprint density at radius 2 is 2.40 bits per heavy atom. The van der Waals surface area contributed by atoms with Gasteiger partial charge in [-0.25, -0.2) is 0 Å². The number of hydrogen-bond donors (Lipinski definition) is 1. The van der Waals surface area contributed by atoms with Crippen molar-refractivity contribution in [2.75, 3.05) is 0 Å². The Morgan fingerprint density at radius 3 is 2.80 bits per heavy atom. The minimum Gasteiger partial charge on any atom is -0.515 e. The summed E-state index contributed by atoms with van der Waals surface area (Å²) in [6, 6.07) is 0. The highest BCUT2D eigenvalue weighted by atomic mass is 16.2. The monoisotopic (exact) mass is 140 g/mol. The zero-order valence-electron chi connectivity index (χ0n) is 6.13. The van der Waals surface area contributed by atoms with E-state index in [0.717, 1.165) is 19.1 Å². The second kappa shape index (κ2) is 2.86. The summed E-state index contributed by atoms with van der Waals surface area (Å²) < 4.78 is 0.